The number of methoxy groups -OCH3 is 1. The molecule has 9 heteroatoms. The number of rotatable bonds is 6. The van der Waals surface area contributed by atoms with Crippen molar-refractivity contribution in [2.75, 3.05) is 31.3 Å². The van der Waals surface area contributed by atoms with Gasteiger partial charge in [-0.2, -0.15) is 0 Å². The number of aliphatic hydroxyl groups is 1. The molecule has 2 heterocycles. The Labute approximate surface area is 184 Å². The molecule has 9 nitrogen and oxygen atoms in total. The second-order valence-corrected chi connectivity index (χ2v) is 7.47. The molecular formula is C23H24N4O5. The summed E-state index contributed by atoms with van der Waals surface area (Å²) in [4.78, 5) is 31.1. The summed E-state index contributed by atoms with van der Waals surface area (Å²) < 4.78 is 10.6. The Morgan fingerprint density at radius 1 is 1.31 bits per heavy atom. The van der Waals surface area contributed by atoms with Crippen molar-refractivity contribution in [1.29, 1.82) is 0 Å². The average molecular weight is 436 g/mol. The second kappa shape index (κ2) is 9.21. The van der Waals surface area contributed by atoms with Crippen LogP contribution in [0.3, 0.4) is 0 Å². The zero-order valence-corrected chi connectivity index (χ0v) is 17.5. The predicted octanol–water partition coefficient (Wildman–Crippen LogP) is 1.55. The van der Waals surface area contributed by atoms with Crippen molar-refractivity contribution in [3.05, 3.63) is 60.3 Å². The second-order valence-electron chi connectivity index (χ2n) is 7.47. The van der Waals surface area contributed by atoms with Crippen molar-refractivity contribution in [2.45, 2.75) is 18.8 Å². The van der Waals surface area contributed by atoms with Crippen molar-refractivity contribution in [1.82, 2.24) is 9.88 Å². The molecule has 2 atom stereocenters. The van der Waals surface area contributed by atoms with E-state index in [0.717, 1.165) is 22.1 Å². The number of nitrogens with zero attached hydrogens (tertiary/aromatic N) is 2. The highest BCUT2D eigenvalue weighted by Crippen LogP contribution is 2.23. The Balaban J connectivity index is 1.42. The predicted molar refractivity (Wildman–Crippen MR) is 119 cm³/mol. The zero-order chi connectivity index (χ0) is 22.7. The van der Waals surface area contributed by atoms with Gasteiger partial charge in [0.2, 0.25) is 0 Å². The minimum atomic E-state index is -1.65. The lowest BCUT2D eigenvalue weighted by Crippen LogP contribution is -2.54. The molecule has 0 bridgehead atoms. The number of nitrogens with two attached hydrogens (primary N) is 1. The number of hydrogen-bond acceptors (Lipinski definition) is 7. The number of carbonyl (C=O) groups is 2. The fraction of sp³-hybridized carbons (Fsp3) is 0.261. The van der Waals surface area contributed by atoms with Gasteiger partial charge in [-0.3, -0.25) is 9.59 Å². The van der Waals surface area contributed by atoms with Gasteiger partial charge >= 0.3 is 0 Å². The van der Waals surface area contributed by atoms with Gasteiger partial charge in [0, 0.05) is 30.4 Å². The molecule has 4 N–H and O–H groups in total. The fourth-order valence-corrected chi connectivity index (χ4v) is 3.62. The SMILES string of the molecule is COc1ccc(CN2CCO[C@H](C(O)C(=O)Nc3ccc4c(N)nccc4c3)C2=O)cc1. The first-order valence-corrected chi connectivity index (χ1v) is 10.1. The Morgan fingerprint density at radius 2 is 2.09 bits per heavy atom. The number of amides is 2. The molecule has 0 radical (unpaired) electrons. The van der Waals surface area contributed by atoms with Crippen molar-refractivity contribution in [2.24, 2.45) is 0 Å². The van der Waals surface area contributed by atoms with Gasteiger partial charge < -0.3 is 30.5 Å². The highest BCUT2D eigenvalue weighted by atomic mass is 16.5. The van der Waals surface area contributed by atoms with Crippen LogP contribution in [-0.2, 0) is 20.9 Å². The molecule has 4 rings (SSSR count). The first kappa shape index (κ1) is 21.5. The monoisotopic (exact) mass is 436 g/mol. The molecule has 32 heavy (non-hydrogen) atoms. The Kier molecular flexibility index (Phi) is 6.20. The maximum absolute atomic E-state index is 12.9. The first-order valence-electron chi connectivity index (χ1n) is 10.1. The number of aliphatic hydroxyl groups excluding tert-OH is 1. The molecule has 3 aromatic rings. The molecule has 1 unspecified atom stereocenters. The number of ether oxygens (including phenoxy) is 2. The summed E-state index contributed by atoms with van der Waals surface area (Å²) in [6.45, 7) is 0.937. The third kappa shape index (κ3) is 4.48. The quantitative estimate of drug-likeness (QED) is 0.535. The van der Waals surface area contributed by atoms with Crippen molar-refractivity contribution in [3.63, 3.8) is 0 Å². The summed E-state index contributed by atoms with van der Waals surface area (Å²) >= 11 is 0. The van der Waals surface area contributed by atoms with Crippen molar-refractivity contribution < 1.29 is 24.2 Å². The van der Waals surface area contributed by atoms with E-state index in [0.29, 0.717) is 24.6 Å². The fourth-order valence-electron chi connectivity index (χ4n) is 3.62. The summed E-state index contributed by atoms with van der Waals surface area (Å²) in [5, 5.41) is 14.7. The normalized spacial score (nSPS) is 17.2. The highest BCUT2D eigenvalue weighted by Gasteiger charge is 2.38. The zero-order valence-electron chi connectivity index (χ0n) is 17.5. The van der Waals surface area contributed by atoms with Crippen LogP contribution in [0.25, 0.3) is 10.8 Å². The van der Waals surface area contributed by atoms with E-state index >= 15 is 0 Å². The van der Waals surface area contributed by atoms with Gasteiger partial charge in [-0.05, 0) is 47.3 Å². The molecule has 0 aliphatic carbocycles. The Morgan fingerprint density at radius 3 is 2.84 bits per heavy atom. The smallest absolute Gasteiger partial charge is 0.256 e. The summed E-state index contributed by atoms with van der Waals surface area (Å²) in [7, 11) is 1.59. The summed E-state index contributed by atoms with van der Waals surface area (Å²) in [6.07, 6.45) is -1.36. The molecule has 1 aliphatic heterocycles. The molecule has 2 aromatic carbocycles. The van der Waals surface area contributed by atoms with Crippen LogP contribution in [0, 0.1) is 0 Å². The van der Waals surface area contributed by atoms with E-state index in [-0.39, 0.29) is 6.61 Å². The van der Waals surface area contributed by atoms with E-state index < -0.39 is 24.0 Å². The van der Waals surface area contributed by atoms with Gasteiger partial charge in [0.25, 0.3) is 11.8 Å². The minimum absolute atomic E-state index is 0.221. The van der Waals surface area contributed by atoms with Crippen LogP contribution in [0.5, 0.6) is 5.75 Å². The van der Waals surface area contributed by atoms with Crippen LogP contribution in [0.4, 0.5) is 11.5 Å². The number of hydrogen-bond donors (Lipinski definition) is 3. The molecule has 1 fully saturated rings. The molecule has 1 aliphatic rings. The highest BCUT2D eigenvalue weighted by molar-refractivity contribution is 6.01. The van der Waals surface area contributed by atoms with E-state index in [9.17, 15) is 14.7 Å². The third-order valence-electron chi connectivity index (χ3n) is 5.36. The number of aromatic nitrogens is 1. The lowest BCUT2D eigenvalue weighted by atomic mass is 10.1. The van der Waals surface area contributed by atoms with Gasteiger partial charge in [0.1, 0.15) is 11.6 Å². The standard InChI is InChI=1S/C23H24N4O5/c1-31-17-5-2-14(3-6-17)13-27-10-11-32-20(23(27)30)19(28)22(29)26-16-4-7-18-15(12-16)8-9-25-21(18)24/h2-9,12,19-20,28H,10-11,13H2,1H3,(H2,24,25)(H,26,29)/t19?,20-/m1/s1. The number of carbonyl (C=O) groups excluding carboxylic acids is 2. The maximum atomic E-state index is 12.9. The van der Waals surface area contributed by atoms with Gasteiger partial charge in [-0.25, -0.2) is 4.98 Å². The van der Waals surface area contributed by atoms with Crippen LogP contribution < -0.4 is 15.8 Å². The average Bonchev–Trinajstić information content (AvgIpc) is 2.80. The van der Waals surface area contributed by atoms with E-state index in [1.54, 1.807) is 42.5 Å². The van der Waals surface area contributed by atoms with Crippen molar-refractivity contribution >= 4 is 34.1 Å². The van der Waals surface area contributed by atoms with E-state index in [4.69, 9.17) is 15.2 Å². The molecule has 0 saturated carbocycles. The van der Waals surface area contributed by atoms with E-state index in [2.05, 4.69) is 10.3 Å². The lowest BCUT2D eigenvalue weighted by molar-refractivity contribution is -0.166. The van der Waals surface area contributed by atoms with E-state index in [1.807, 2.05) is 24.3 Å². The van der Waals surface area contributed by atoms with Gasteiger partial charge in [0.15, 0.2) is 12.2 Å². The Hall–Kier alpha value is -3.69. The Bertz CT molecular complexity index is 1130. The number of anilines is 2. The number of fused-ring (bicyclic) bond motifs is 1. The van der Waals surface area contributed by atoms with E-state index in [1.165, 1.54) is 0 Å². The topological polar surface area (TPSA) is 127 Å². The molecule has 0 spiro atoms. The lowest BCUT2D eigenvalue weighted by Gasteiger charge is -2.34. The molecule has 2 amide bonds. The number of benzene rings is 2. The maximum Gasteiger partial charge on any atom is 0.256 e. The van der Waals surface area contributed by atoms with Gasteiger partial charge in [-0.15, -0.1) is 0 Å². The van der Waals surface area contributed by atoms with Crippen molar-refractivity contribution in [3.8, 4) is 5.75 Å². The molecular weight excluding hydrogens is 412 g/mol. The number of morpholine rings is 1. The van der Waals surface area contributed by atoms with Crippen LogP contribution >= 0.6 is 0 Å². The minimum Gasteiger partial charge on any atom is -0.497 e. The molecule has 166 valence electrons. The summed E-state index contributed by atoms with van der Waals surface area (Å²) in [5.74, 6) is -0.0543. The van der Waals surface area contributed by atoms with Crippen LogP contribution in [0.2, 0.25) is 0 Å². The van der Waals surface area contributed by atoms with Gasteiger partial charge in [-0.1, -0.05) is 12.1 Å². The van der Waals surface area contributed by atoms with Crippen LogP contribution in [0.15, 0.2) is 54.7 Å². The molecule has 1 saturated heterocycles. The number of nitrogens with one attached hydrogen (secondary N) is 1. The summed E-state index contributed by atoms with van der Waals surface area (Å²) in [6, 6.07) is 14.2. The number of pyridine rings is 1. The number of nitrogen functional groups attached to an aromatic ring is 1. The largest absolute Gasteiger partial charge is 0.497 e. The van der Waals surface area contributed by atoms with Crippen LogP contribution in [-0.4, -0.2) is 59.3 Å². The summed E-state index contributed by atoms with van der Waals surface area (Å²) in [5.41, 5.74) is 7.22. The van der Waals surface area contributed by atoms with Crippen LogP contribution in [0.1, 0.15) is 5.56 Å². The third-order valence-corrected chi connectivity index (χ3v) is 5.36. The first-order chi connectivity index (χ1) is 15.5. The molecule has 1 aromatic heterocycles. The van der Waals surface area contributed by atoms with Gasteiger partial charge in [0.05, 0.1) is 13.7 Å².